The first-order valence-corrected chi connectivity index (χ1v) is 12.5. The Morgan fingerprint density at radius 2 is 1.97 bits per heavy atom. The van der Waals surface area contributed by atoms with E-state index >= 15 is 0 Å². The third-order valence-corrected chi connectivity index (χ3v) is 9.98. The van der Waals surface area contributed by atoms with Crippen molar-refractivity contribution in [1.29, 1.82) is 5.26 Å². The largest absolute Gasteiger partial charge is 0.390 e. The van der Waals surface area contributed by atoms with E-state index in [4.69, 9.17) is 5.26 Å². The molecule has 0 aliphatic heterocycles. The summed E-state index contributed by atoms with van der Waals surface area (Å²) < 4.78 is 1.74. The third-order valence-electron chi connectivity index (χ3n) is 9.98. The molecule has 168 valence electrons. The molecule has 0 radical (unpaired) electrons. The van der Waals surface area contributed by atoms with E-state index in [0.29, 0.717) is 36.1 Å². The van der Waals surface area contributed by atoms with Crippen LogP contribution in [-0.2, 0) is 11.3 Å². The van der Waals surface area contributed by atoms with E-state index in [1.54, 1.807) is 17.1 Å². The highest BCUT2D eigenvalue weighted by Crippen LogP contribution is 2.64. The van der Waals surface area contributed by atoms with Crippen molar-refractivity contribution in [3.8, 4) is 6.07 Å². The minimum Gasteiger partial charge on any atom is -0.390 e. The highest BCUT2D eigenvalue weighted by Gasteiger charge is 2.58. The lowest BCUT2D eigenvalue weighted by molar-refractivity contribution is -0.132. The van der Waals surface area contributed by atoms with Gasteiger partial charge in [-0.25, -0.2) is 0 Å². The second kappa shape index (κ2) is 7.73. The maximum atomic E-state index is 13.3. The molecule has 31 heavy (non-hydrogen) atoms. The fourth-order valence-corrected chi connectivity index (χ4v) is 8.55. The van der Waals surface area contributed by atoms with Crippen LogP contribution in [0.3, 0.4) is 0 Å². The Kier molecular flexibility index (Phi) is 5.28. The highest BCUT2D eigenvalue weighted by molar-refractivity contribution is 5.82. The molecular weight excluding hydrogens is 386 g/mol. The number of rotatable bonds is 4. The molecule has 1 unspecified atom stereocenters. The first kappa shape index (κ1) is 21.2. The summed E-state index contributed by atoms with van der Waals surface area (Å²) in [5.41, 5.74) is 0.260. The van der Waals surface area contributed by atoms with Crippen LogP contribution in [0.5, 0.6) is 0 Å². The van der Waals surface area contributed by atoms with Crippen molar-refractivity contribution >= 4 is 5.78 Å². The molecular formula is C26H37N3O2. The second-order valence-corrected chi connectivity index (χ2v) is 11.7. The number of nitrogens with zero attached hydrogens (tertiary/aromatic N) is 3. The van der Waals surface area contributed by atoms with E-state index in [2.05, 4.69) is 18.1 Å². The van der Waals surface area contributed by atoms with Crippen LogP contribution in [-0.4, -0.2) is 26.3 Å². The lowest BCUT2D eigenvalue weighted by atomic mass is 9.49. The highest BCUT2D eigenvalue weighted by atomic mass is 16.3. The van der Waals surface area contributed by atoms with E-state index in [0.717, 1.165) is 37.0 Å². The number of hydrogen-bond donors (Lipinski definition) is 1. The van der Waals surface area contributed by atoms with Crippen LogP contribution >= 0.6 is 0 Å². The molecule has 4 aliphatic carbocycles. The minimum atomic E-state index is -0.454. The lowest BCUT2D eigenvalue weighted by Crippen LogP contribution is -2.51. The Balaban J connectivity index is 1.25. The van der Waals surface area contributed by atoms with Crippen molar-refractivity contribution in [1.82, 2.24) is 9.78 Å². The zero-order valence-corrected chi connectivity index (χ0v) is 19.1. The smallest absolute Gasteiger partial charge is 0.138 e. The zero-order chi connectivity index (χ0) is 21.8. The van der Waals surface area contributed by atoms with Crippen LogP contribution < -0.4 is 0 Å². The molecule has 4 fully saturated rings. The number of carbonyl (C=O) groups is 1. The van der Waals surface area contributed by atoms with Crippen LogP contribution in [0.1, 0.15) is 83.6 Å². The predicted molar refractivity (Wildman–Crippen MR) is 118 cm³/mol. The van der Waals surface area contributed by atoms with Gasteiger partial charge in [0.1, 0.15) is 11.9 Å². The predicted octanol–water partition coefficient (Wildman–Crippen LogP) is 4.73. The topological polar surface area (TPSA) is 78.9 Å². The van der Waals surface area contributed by atoms with Gasteiger partial charge in [0.15, 0.2) is 0 Å². The van der Waals surface area contributed by atoms with Gasteiger partial charge in [-0.2, -0.15) is 10.4 Å². The number of Topliss-reactive ketones (excluding diaryl/α,β-unsaturated/α-hetero) is 1. The standard InChI is InChI=1S/C26H37N3O2/c1-25(31)10-7-19-18(13-25)3-4-21-20(19)8-11-26(2)22(21)5-6-23(26)24(30)9-12-29-16-17(14-27)15-28-29/h15-16,18-23,31H,3-13H2,1-2H3/t18-,19?,20-,21-,22+,23-,25-,26+/m1/s1. The third kappa shape index (κ3) is 3.65. The summed E-state index contributed by atoms with van der Waals surface area (Å²) >= 11 is 0. The molecule has 1 heterocycles. The van der Waals surface area contributed by atoms with Gasteiger partial charge >= 0.3 is 0 Å². The summed E-state index contributed by atoms with van der Waals surface area (Å²) in [4.78, 5) is 13.3. The van der Waals surface area contributed by atoms with Gasteiger partial charge in [-0.15, -0.1) is 0 Å². The van der Waals surface area contributed by atoms with Gasteiger partial charge in [0.05, 0.1) is 17.4 Å². The number of carbonyl (C=O) groups excluding carboxylic acids is 1. The number of aromatic nitrogens is 2. The van der Waals surface area contributed by atoms with Gasteiger partial charge in [-0.3, -0.25) is 9.48 Å². The maximum Gasteiger partial charge on any atom is 0.138 e. The number of hydrogen-bond acceptors (Lipinski definition) is 4. The van der Waals surface area contributed by atoms with E-state index < -0.39 is 5.60 Å². The molecule has 5 nitrogen and oxygen atoms in total. The molecule has 0 aromatic carbocycles. The molecule has 4 aliphatic rings. The minimum absolute atomic E-state index is 0.160. The summed E-state index contributed by atoms with van der Waals surface area (Å²) in [6.45, 7) is 5.03. The summed E-state index contributed by atoms with van der Waals surface area (Å²) in [6, 6.07) is 2.10. The Morgan fingerprint density at radius 3 is 2.74 bits per heavy atom. The molecule has 1 aromatic rings. The van der Waals surface area contributed by atoms with Gasteiger partial charge in [0.25, 0.3) is 0 Å². The molecule has 0 spiro atoms. The van der Waals surface area contributed by atoms with Gasteiger partial charge in [-0.05, 0) is 99.7 Å². The van der Waals surface area contributed by atoms with E-state index in [9.17, 15) is 9.90 Å². The molecule has 1 aromatic heterocycles. The molecule has 5 heteroatoms. The van der Waals surface area contributed by atoms with E-state index in [-0.39, 0.29) is 11.3 Å². The van der Waals surface area contributed by atoms with Gasteiger partial charge in [0, 0.05) is 25.1 Å². The van der Waals surface area contributed by atoms with Crippen LogP contribution in [0.15, 0.2) is 12.4 Å². The monoisotopic (exact) mass is 423 g/mol. The molecule has 8 atom stereocenters. The molecule has 0 saturated heterocycles. The molecule has 0 amide bonds. The Hall–Kier alpha value is -1.67. The number of ketones is 1. The van der Waals surface area contributed by atoms with Crippen LogP contribution in [0.25, 0.3) is 0 Å². The van der Waals surface area contributed by atoms with Gasteiger partial charge in [0.2, 0.25) is 0 Å². The van der Waals surface area contributed by atoms with E-state index in [1.165, 1.54) is 38.5 Å². The average Bonchev–Trinajstić information content (AvgIpc) is 3.34. The van der Waals surface area contributed by atoms with Crippen molar-refractivity contribution < 1.29 is 9.90 Å². The lowest BCUT2D eigenvalue weighted by Gasteiger charge is -2.56. The fraction of sp³-hybridized carbons (Fsp3) is 0.808. The number of aryl methyl sites for hydroxylation is 1. The number of nitriles is 1. The summed E-state index contributed by atoms with van der Waals surface area (Å²) in [6.07, 6.45) is 14.3. The zero-order valence-electron chi connectivity index (χ0n) is 19.1. The second-order valence-electron chi connectivity index (χ2n) is 11.7. The summed E-state index contributed by atoms with van der Waals surface area (Å²) in [7, 11) is 0. The quantitative estimate of drug-likeness (QED) is 0.759. The van der Waals surface area contributed by atoms with Crippen molar-refractivity contribution in [2.75, 3.05) is 0 Å². The SMILES string of the molecule is C[C@@]1(O)CCC2[C@H](CC[C@@H]3[C@@H]2CC[C@]2(C)[C@@H](C(=O)CCn4cc(C#N)cn4)CC[C@@H]32)C1. The van der Waals surface area contributed by atoms with Crippen molar-refractivity contribution in [2.45, 2.75) is 90.2 Å². The number of fused-ring (bicyclic) bond motifs is 5. The van der Waals surface area contributed by atoms with Gasteiger partial charge < -0.3 is 5.11 Å². The summed E-state index contributed by atoms with van der Waals surface area (Å²) in [5, 5.41) is 23.8. The van der Waals surface area contributed by atoms with Crippen molar-refractivity contribution in [3.63, 3.8) is 0 Å². The normalized spacial score (nSPS) is 44.1. The molecule has 0 bridgehead atoms. The summed E-state index contributed by atoms with van der Waals surface area (Å²) in [5.74, 6) is 4.39. The van der Waals surface area contributed by atoms with Crippen LogP contribution in [0, 0.1) is 52.3 Å². The maximum absolute atomic E-state index is 13.3. The van der Waals surface area contributed by atoms with Crippen molar-refractivity contribution in [2.24, 2.45) is 40.9 Å². The Labute approximate surface area is 186 Å². The van der Waals surface area contributed by atoms with E-state index in [1.807, 2.05) is 6.92 Å². The molecule has 4 saturated carbocycles. The Morgan fingerprint density at radius 1 is 1.16 bits per heavy atom. The molecule has 1 N–H and O–H groups in total. The average molecular weight is 424 g/mol. The fourth-order valence-electron chi connectivity index (χ4n) is 8.55. The van der Waals surface area contributed by atoms with Crippen molar-refractivity contribution in [3.05, 3.63) is 18.0 Å². The van der Waals surface area contributed by atoms with Gasteiger partial charge in [-0.1, -0.05) is 6.92 Å². The number of aliphatic hydroxyl groups is 1. The van der Waals surface area contributed by atoms with Crippen LogP contribution in [0.4, 0.5) is 0 Å². The molecule has 5 rings (SSSR count). The first-order valence-electron chi connectivity index (χ1n) is 12.5. The Bertz CT molecular complexity index is 883. The first-order chi connectivity index (χ1) is 14.8. The van der Waals surface area contributed by atoms with Crippen LogP contribution in [0.2, 0.25) is 0 Å².